The van der Waals surface area contributed by atoms with Crippen LogP contribution in [-0.2, 0) is 6.54 Å². The molecule has 1 aromatic carbocycles. The monoisotopic (exact) mass is 230 g/mol. The Morgan fingerprint density at radius 1 is 1.35 bits per heavy atom. The first-order chi connectivity index (χ1) is 8.29. The molecule has 0 amide bonds. The van der Waals surface area contributed by atoms with Gasteiger partial charge in [0.15, 0.2) is 5.78 Å². The van der Waals surface area contributed by atoms with Crippen LogP contribution in [0.25, 0.3) is 0 Å². The highest BCUT2D eigenvalue weighted by molar-refractivity contribution is 5.95. The first-order valence-electron chi connectivity index (χ1n) is 5.51. The largest absolute Gasteiger partial charge is 0.494 e. The van der Waals surface area contributed by atoms with Crippen LogP contribution in [0.5, 0.6) is 5.75 Å². The highest BCUT2D eigenvalue weighted by Crippen LogP contribution is 2.12. The van der Waals surface area contributed by atoms with E-state index in [0.29, 0.717) is 18.7 Å². The molecule has 1 heterocycles. The first-order valence-corrected chi connectivity index (χ1v) is 5.51. The number of Topliss-reactive ketones (excluding diaryl/α,β-unsaturated/α-hetero) is 1. The molecule has 0 unspecified atom stereocenters. The lowest BCUT2D eigenvalue weighted by Crippen LogP contribution is -2.08. The summed E-state index contributed by atoms with van der Waals surface area (Å²) >= 11 is 0. The van der Waals surface area contributed by atoms with E-state index in [0.717, 1.165) is 5.75 Å². The summed E-state index contributed by atoms with van der Waals surface area (Å²) in [5.41, 5.74) is 0.683. The predicted octanol–water partition coefficient (Wildman–Crippen LogP) is 2.16. The van der Waals surface area contributed by atoms with Gasteiger partial charge in [-0.2, -0.15) is 0 Å². The molecule has 2 rings (SSSR count). The minimum Gasteiger partial charge on any atom is -0.494 e. The molecule has 0 saturated carbocycles. The van der Waals surface area contributed by atoms with Crippen LogP contribution in [0, 0.1) is 0 Å². The second-order valence-electron chi connectivity index (χ2n) is 3.62. The molecule has 1 aromatic heterocycles. The number of rotatable bonds is 5. The Morgan fingerprint density at radius 2 is 2.12 bits per heavy atom. The zero-order chi connectivity index (χ0) is 12.1. The van der Waals surface area contributed by atoms with E-state index in [1.165, 1.54) is 0 Å². The molecule has 0 radical (unpaired) electrons. The summed E-state index contributed by atoms with van der Waals surface area (Å²) in [5.74, 6) is 0.845. The molecule has 0 aliphatic rings. The SMILES string of the molecule is CCOc1ccc(C(=O)Cn2ccnc2)cc1. The Kier molecular flexibility index (Phi) is 3.55. The molecule has 0 fully saturated rings. The quantitative estimate of drug-likeness (QED) is 0.739. The van der Waals surface area contributed by atoms with E-state index in [2.05, 4.69) is 4.98 Å². The number of benzene rings is 1. The molecule has 0 spiro atoms. The van der Waals surface area contributed by atoms with Crippen LogP contribution in [0.3, 0.4) is 0 Å². The van der Waals surface area contributed by atoms with Gasteiger partial charge in [-0.1, -0.05) is 0 Å². The average molecular weight is 230 g/mol. The molecule has 17 heavy (non-hydrogen) atoms. The number of nitrogens with zero attached hydrogens (tertiary/aromatic N) is 2. The second-order valence-corrected chi connectivity index (χ2v) is 3.62. The van der Waals surface area contributed by atoms with E-state index < -0.39 is 0 Å². The van der Waals surface area contributed by atoms with Crippen molar-refractivity contribution in [3.63, 3.8) is 0 Å². The summed E-state index contributed by atoms with van der Waals surface area (Å²) in [6.07, 6.45) is 5.06. The zero-order valence-corrected chi connectivity index (χ0v) is 9.67. The highest BCUT2D eigenvalue weighted by Gasteiger charge is 2.06. The lowest BCUT2D eigenvalue weighted by molar-refractivity contribution is 0.0972. The number of ketones is 1. The Bertz CT molecular complexity index is 475. The Balaban J connectivity index is 2.04. The van der Waals surface area contributed by atoms with Gasteiger partial charge in [-0.25, -0.2) is 4.98 Å². The smallest absolute Gasteiger partial charge is 0.182 e. The fourth-order valence-corrected chi connectivity index (χ4v) is 1.54. The van der Waals surface area contributed by atoms with E-state index in [9.17, 15) is 4.79 Å². The van der Waals surface area contributed by atoms with Crippen molar-refractivity contribution < 1.29 is 9.53 Å². The second kappa shape index (κ2) is 5.30. The standard InChI is InChI=1S/C13H14N2O2/c1-2-17-12-5-3-11(4-6-12)13(16)9-15-8-7-14-10-15/h3-8,10H,2,9H2,1H3. The van der Waals surface area contributed by atoms with E-state index in [1.54, 1.807) is 35.4 Å². The van der Waals surface area contributed by atoms with Crippen LogP contribution in [0.2, 0.25) is 0 Å². The summed E-state index contributed by atoms with van der Waals surface area (Å²) in [6.45, 7) is 2.87. The zero-order valence-electron chi connectivity index (χ0n) is 9.67. The van der Waals surface area contributed by atoms with Crippen molar-refractivity contribution in [1.82, 2.24) is 9.55 Å². The van der Waals surface area contributed by atoms with Crippen molar-refractivity contribution in [1.29, 1.82) is 0 Å². The maximum atomic E-state index is 11.9. The number of ether oxygens (including phenoxy) is 1. The van der Waals surface area contributed by atoms with Crippen LogP contribution >= 0.6 is 0 Å². The van der Waals surface area contributed by atoms with E-state index in [1.807, 2.05) is 19.1 Å². The molecular formula is C13H14N2O2. The van der Waals surface area contributed by atoms with Gasteiger partial charge in [-0.3, -0.25) is 4.79 Å². The van der Waals surface area contributed by atoms with Crippen molar-refractivity contribution in [2.75, 3.05) is 6.61 Å². The predicted molar refractivity (Wildman–Crippen MR) is 64.2 cm³/mol. The van der Waals surface area contributed by atoms with Crippen LogP contribution in [0.15, 0.2) is 43.0 Å². The maximum absolute atomic E-state index is 11.9. The van der Waals surface area contributed by atoms with Gasteiger partial charge in [0.2, 0.25) is 0 Å². The minimum atomic E-state index is 0.0612. The van der Waals surface area contributed by atoms with Gasteiger partial charge in [-0.15, -0.1) is 0 Å². The van der Waals surface area contributed by atoms with Crippen molar-refractivity contribution in [3.8, 4) is 5.75 Å². The molecule has 0 aliphatic carbocycles. The van der Waals surface area contributed by atoms with E-state index in [4.69, 9.17) is 4.74 Å². The van der Waals surface area contributed by atoms with Gasteiger partial charge in [-0.05, 0) is 31.2 Å². The third-order valence-electron chi connectivity index (χ3n) is 2.37. The van der Waals surface area contributed by atoms with Gasteiger partial charge >= 0.3 is 0 Å². The first kappa shape index (κ1) is 11.4. The topological polar surface area (TPSA) is 44.1 Å². The molecule has 0 N–H and O–H groups in total. The molecule has 2 aromatic rings. The normalized spacial score (nSPS) is 10.2. The lowest BCUT2D eigenvalue weighted by Gasteiger charge is -2.05. The minimum absolute atomic E-state index is 0.0612. The molecule has 4 heteroatoms. The van der Waals surface area contributed by atoms with E-state index >= 15 is 0 Å². The number of hydrogen-bond acceptors (Lipinski definition) is 3. The van der Waals surface area contributed by atoms with Crippen LogP contribution in [0.1, 0.15) is 17.3 Å². The highest BCUT2D eigenvalue weighted by atomic mass is 16.5. The third-order valence-corrected chi connectivity index (χ3v) is 2.37. The van der Waals surface area contributed by atoms with Crippen molar-refractivity contribution in [2.24, 2.45) is 0 Å². The molecule has 0 bridgehead atoms. The number of carbonyl (C=O) groups is 1. The Hall–Kier alpha value is -2.10. The molecule has 0 atom stereocenters. The van der Waals surface area contributed by atoms with Crippen molar-refractivity contribution in [3.05, 3.63) is 48.5 Å². The van der Waals surface area contributed by atoms with Gasteiger partial charge in [0.1, 0.15) is 5.75 Å². The summed E-state index contributed by atoms with van der Waals surface area (Å²) in [7, 11) is 0. The fraction of sp³-hybridized carbons (Fsp3) is 0.231. The summed E-state index contributed by atoms with van der Waals surface area (Å²) in [5, 5.41) is 0. The third kappa shape index (κ3) is 2.93. The summed E-state index contributed by atoms with van der Waals surface area (Å²) < 4.78 is 7.07. The van der Waals surface area contributed by atoms with Gasteiger partial charge in [0.25, 0.3) is 0 Å². The maximum Gasteiger partial charge on any atom is 0.182 e. The molecule has 88 valence electrons. The number of hydrogen-bond donors (Lipinski definition) is 0. The van der Waals surface area contributed by atoms with Crippen LogP contribution < -0.4 is 4.74 Å². The van der Waals surface area contributed by atoms with Crippen molar-refractivity contribution in [2.45, 2.75) is 13.5 Å². The Labute approximate surface area is 99.9 Å². The van der Waals surface area contributed by atoms with Crippen LogP contribution in [0.4, 0.5) is 0 Å². The van der Waals surface area contributed by atoms with Gasteiger partial charge in [0, 0.05) is 18.0 Å². The number of aromatic nitrogens is 2. The number of carbonyl (C=O) groups excluding carboxylic acids is 1. The molecule has 4 nitrogen and oxygen atoms in total. The fourth-order valence-electron chi connectivity index (χ4n) is 1.54. The Morgan fingerprint density at radius 3 is 2.71 bits per heavy atom. The average Bonchev–Trinajstić information content (AvgIpc) is 2.83. The summed E-state index contributed by atoms with van der Waals surface area (Å²) in [4.78, 5) is 15.8. The van der Waals surface area contributed by atoms with Gasteiger partial charge in [0.05, 0.1) is 19.5 Å². The van der Waals surface area contributed by atoms with E-state index in [-0.39, 0.29) is 5.78 Å². The molecule has 0 saturated heterocycles. The number of imidazole rings is 1. The van der Waals surface area contributed by atoms with Crippen molar-refractivity contribution >= 4 is 5.78 Å². The summed E-state index contributed by atoms with van der Waals surface area (Å²) in [6, 6.07) is 7.18. The van der Waals surface area contributed by atoms with Crippen LogP contribution in [-0.4, -0.2) is 21.9 Å². The van der Waals surface area contributed by atoms with Gasteiger partial charge < -0.3 is 9.30 Å². The lowest BCUT2D eigenvalue weighted by atomic mass is 10.1. The molecular weight excluding hydrogens is 216 g/mol. The molecule has 0 aliphatic heterocycles.